The van der Waals surface area contributed by atoms with E-state index in [2.05, 4.69) is 52.8 Å². The number of piperidine rings is 1. The van der Waals surface area contributed by atoms with Crippen LogP contribution in [0, 0.1) is 17.8 Å². The molecule has 0 aromatic rings. The molecule has 3 saturated heterocycles. The molecule has 2 unspecified atom stereocenters. The van der Waals surface area contributed by atoms with Crippen LogP contribution >= 0.6 is 0 Å². The quantitative estimate of drug-likeness (QED) is 0.671. The summed E-state index contributed by atoms with van der Waals surface area (Å²) in [5, 5.41) is 0. The minimum Gasteiger partial charge on any atom is -0.317 e. The maximum atomic E-state index is 12.2. The van der Waals surface area contributed by atoms with Gasteiger partial charge < -0.3 is 9.80 Å². The van der Waals surface area contributed by atoms with Crippen molar-refractivity contribution in [1.29, 1.82) is 0 Å². The fourth-order valence-electron chi connectivity index (χ4n) is 5.51. The van der Waals surface area contributed by atoms with E-state index in [4.69, 9.17) is 0 Å². The van der Waals surface area contributed by atoms with Crippen LogP contribution in [-0.4, -0.2) is 57.7 Å². The van der Waals surface area contributed by atoms with Gasteiger partial charge in [0.05, 0.1) is 0 Å². The van der Waals surface area contributed by atoms with E-state index in [9.17, 15) is 9.59 Å². The summed E-state index contributed by atoms with van der Waals surface area (Å²) in [6, 6.07) is 0. The normalized spacial score (nSPS) is 29.5. The first-order valence-electron chi connectivity index (χ1n) is 11.4. The van der Waals surface area contributed by atoms with Crippen LogP contribution in [0.1, 0.15) is 74.1 Å². The number of hydrogen-bond donors (Lipinski definition) is 0. The van der Waals surface area contributed by atoms with E-state index in [1.54, 1.807) is 4.90 Å². The van der Waals surface area contributed by atoms with Gasteiger partial charge in [-0.05, 0) is 73.3 Å². The zero-order valence-electron chi connectivity index (χ0n) is 20.5. The largest absolute Gasteiger partial charge is 0.317 e. The highest BCUT2D eigenvalue weighted by atomic mass is 16.2. The Kier molecular flexibility index (Phi) is 7.28. The molecule has 0 aromatic carbocycles. The lowest BCUT2D eigenvalue weighted by Gasteiger charge is -2.54. The third-order valence-corrected chi connectivity index (χ3v) is 7.37. The maximum absolute atomic E-state index is 12.2. The summed E-state index contributed by atoms with van der Waals surface area (Å²) in [6.45, 7) is 24.7. The van der Waals surface area contributed by atoms with E-state index in [0.29, 0.717) is 5.92 Å². The molecule has 3 aliphatic rings. The molecule has 2 atom stereocenters. The van der Waals surface area contributed by atoms with Crippen molar-refractivity contribution in [3.8, 4) is 0 Å². The van der Waals surface area contributed by atoms with E-state index in [0.717, 1.165) is 50.2 Å². The lowest BCUT2D eigenvalue weighted by molar-refractivity contribution is -0.131. The van der Waals surface area contributed by atoms with E-state index in [-0.39, 0.29) is 34.7 Å². The summed E-state index contributed by atoms with van der Waals surface area (Å²) >= 11 is 0. The van der Waals surface area contributed by atoms with Gasteiger partial charge in [0, 0.05) is 47.4 Å². The van der Waals surface area contributed by atoms with Crippen LogP contribution in [0.4, 0.5) is 0 Å². The molecule has 3 aliphatic heterocycles. The van der Waals surface area contributed by atoms with Gasteiger partial charge >= 0.3 is 0 Å². The Morgan fingerprint density at radius 2 is 1.27 bits per heavy atom. The Morgan fingerprint density at radius 3 is 1.57 bits per heavy atom. The zero-order chi connectivity index (χ0) is 23.0. The molecule has 2 amide bonds. The summed E-state index contributed by atoms with van der Waals surface area (Å²) < 4.78 is 0. The van der Waals surface area contributed by atoms with Gasteiger partial charge in [-0.25, -0.2) is 0 Å². The van der Waals surface area contributed by atoms with Gasteiger partial charge in [0.25, 0.3) is 0 Å². The van der Waals surface area contributed by atoms with Crippen LogP contribution in [0.2, 0.25) is 0 Å². The van der Waals surface area contributed by atoms with Crippen molar-refractivity contribution >= 4 is 11.8 Å². The number of carbonyl (C=O) groups is 2. The van der Waals surface area contributed by atoms with Crippen LogP contribution in [0.3, 0.4) is 0 Å². The number of carbonyl (C=O) groups excluding carboxylic acids is 2. The van der Waals surface area contributed by atoms with Crippen molar-refractivity contribution in [2.24, 2.45) is 17.8 Å². The molecule has 0 N–H and O–H groups in total. The van der Waals surface area contributed by atoms with Gasteiger partial charge in [0.2, 0.25) is 11.8 Å². The average Bonchev–Trinajstić information content (AvgIpc) is 3.01. The first-order valence-corrected chi connectivity index (χ1v) is 11.4. The smallest absolute Gasteiger partial charge is 0.229 e. The number of allylic oxidation sites excluding steroid dienone is 2. The minimum atomic E-state index is 0.120. The standard InChI is InChI=1S/C17H30N2O.C8H13NO/c1-12-8-13(2)19(15(12)20)11-14-9-16(3,4)18(7)17(5,6)10-14;1-4-9-7(3)5-6(2)8(9)10/h12,14H,2,8-11H2,1,3-7H3;6H,3-5H2,1-2H3. The Labute approximate surface area is 184 Å². The van der Waals surface area contributed by atoms with E-state index >= 15 is 0 Å². The molecule has 5 nitrogen and oxygen atoms in total. The summed E-state index contributed by atoms with van der Waals surface area (Å²) in [4.78, 5) is 29.6. The third kappa shape index (κ3) is 4.99. The molecule has 0 bridgehead atoms. The second-order valence-electron chi connectivity index (χ2n) is 10.8. The lowest BCUT2D eigenvalue weighted by atomic mass is 9.74. The third-order valence-electron chi connectivity index (χ3n) is 7.37. The summed E-state index contributed by atoms with van der Waals surface area (Å²) in [6.07, 6.45) is 3.95. The fourth-order valence-corrected chi connectivity index (χ4v) is 5.51. The highest BCUT2D eigenvalue weighted by Gasteiger charge is 2.44. The van der Waals surface area contributed by atoms with Crippen molar-refractivity contribution in [3.05, 3.63) is 24.6 Å². The molecular formula is C25H43N3O2. The summed E-state index contributed by atoms with van der Waals surface area (Å²) in [7, 11) is 2.22. The second-order valence-corrected chi connectivity index (χ2v) is 10.8. The summed E-state index contributed by atoms with van der Waals surface area (Å²) in [5.74, 6) is 1.33. The molecule has 0 spiro atoms. The zero-order valence-corrected chi connectivity index (χ0v) is 20.5. The molecule has 170 valence electrons. The molecule has 0 aromatic heterocycles. The van der Waals surface area contributed by atoms with Gasteiger partial charge in [0.1, 0.15) is 0 Å². The fraction of sp³-hybridized carbons (Fsp3) is 0.760. The molecule has 30 heavy (non-hydrogen) atoms. The van der Waals surface area contributed by atoms with Crippen molar-refractivity contribution in [2.75, 3.05) is 20.1 Å². The van der Waals surface area contributed by atoms with E-state index in [1.165, 1.54) is 0 Å². The molecular weight excluding hydrogens is 374 g/mol. The Balaban J connectivity index is 0.000000269. The van der Waals surface area contributed by atoms with Crippen LogP contribution in [0.15, 0.2) is 24.6 Å². The molecule has 3 rings (SSSR count). The summed E-state index contributed by atoms with van der Waals surface area (Å²) in [5.41, 5.74) is 2.35. The maximum Gasteiger partial charge on any atom is 0.229 e. The first kappa shape index (κ1) is 24.6. The molecule has 0 saturated carbocycles. The first-order chi connectivity index (χ1) is 13.7. The van der Waals surface area contributed by atoms with Crippen molar-refractivity contribution in [3.63, 3.8) is 0 Å². The van der Waals surface area contributed by atoms with Crippen molar-refractivity contribution < 1.29 is 9.59 Å². The van der Waals surface area contributed by atoms with Crippen LogP contribution in [0.25, 0.3) is 0 Å². The number of nitrogens with zero attached hydrogens (tertiary/aromatic N) is 3. The van der Waals surface area contributed by atoms with Gasteiger partial charge in [-0.1, -0.05) is 27.0 Å². The van der Waals surface area contributed by atoms with Crippen LogP contribution in [0.5, 0.6) is 0 Å². The number of hydrogen-bond acceptors (Lipinski definition) is 3. The van der Waals surface area contributed by atoms with Crippen molar-refractivity contribution in [2.45, 2.75) is 85.2 Å². The lowest BCUT2D eigenvalue weighted by Crippen LogP contribution is -2.59. The van der Waals surface area contributed by atoms with Gasteiger partial charge in [0.15, 0.2) is 0 Å². The SMILES string of the molecule is C=C1CC(C)C(=O)N1CC.C=C1CC(C)C(=O)N1CC1CC(C)(C)N(C)C(C)(C)C1. The topological polar surface area (TPSA) is 43.9 Å². The minimum absolute atomic E-state index is 0.120. The second kappa shape index (κ2) is 8.86. The number of amides is 2. The van der Waals surface area contributed by atoms with Gasteiger partial charge in [-0.3, -0.25) is 14.5 Å². The monoisotopic (exact) mass is 417 g/mol. The number of rotatable bonds is 3. The van der Waals surface area contributed by atoms with Crippen LogP contribution < -0.4 is 0 Å². The Bertz CT molecular complexity index is 691. The highest BCUT2D eigenvalue weighted by molar-refractivity contribution is 5.83. The molecule has 0 radical (unpaired) electrons. The molecule has 5 heteroatoms. The van der Waals surface area contributed by atoms with E-state index < -0.39 is 0 Å². The molecule has 3 fully saturated rings. The average molecular weight is 418 g/mol. The Morgan fingerprint density at radius 1 is 0.867 bits per heavy atom. The Hall–Kier alpha value is -1.62. The van der Waals surface area contributed by atoms with Crippen LogP contribution in [-0.2, 0) is 9.59 Å². The predicted molar refractivity (Wildman–Crippen MR) is 124 cm³/mol. The number of likely N-dealkylation sites (tertiary alicyclic amines) is 3. The van der Waals surface area contributed by atoms with Crippen molar-refractivity contribution in [1.82, 2.24) is 14.7 Å². The molecule has 3 heterocycles. The van der Waals surface area contributed by atoms with Gasteiger partial charge in [-0.2, -0.15) is 0 Å². The van der Waals surface area contributed by atoms with E-state index in [1.807, 2.05) is 25.7 Å². The highest BCUT2D eigenvalue weighted by Crippen LogP contribution is 2.41. The predicted octanol–water partition coefficient (Wildman–Crippen LogP) is 4.66. The molecule has 0 aliphatic carbocycles. The van der Waals surface area contributed by atoms with Gasteiger partial charge in [-0.15, -0.1) is 0 Å².